The van der Waals surface area contributed by atoms with Crippen molar-refractivity contribution in [3.05, 3.63) is 29.6 Å². The third-order valence-corrected chi connectivity index (χ3v) is 1.88. The van der Waals surface area contributed by atoms with E-state index >= 15 is 0 Å². The van der Waals surface area contributed by atoms with E-state index in [0.29, 0.717) is 6.54 Å². The monoisotopic (exact) mass is 165 g/mol. The molecule has 4 N–H and O–H groups in total. The van der Waals surface area contributed by atoms with Crippen LogP contribution >= 0.6 is 0 Å². The van der Waals surface area contributed by atoms with Gasteiger partial charge in [0.1, 0.15) is 0 Å². The molecule has 0 saturated heterocycles. The molecule has 12 heavy (non-hydrogen) atoms. The summed E-state index contributed by atoms with van der Waals surface area (Å²) in [6.07, 6.45) is 2.55. The minimum atomic E-state index is 0.0265. The van der Waals surface area contributed by atoms with Crippen LogP contribution in [0.25, 0.3) is 0 Å². The van der Waals surface area contributed by atoms with Crippen LogP contribution in [0.15, 0.2) is 18.3 Å². The normalized spacial score (nSPS) is 12.9. The summed E-state index contributed by atoms with van der Waals surface area (Å²) in [5, 5.41) is 0. The summed E-state index contributed by atoms with van der Waals surface area (Å²) in [6.45, 7) is 2.54. The van der Waals surface area contributed by atoms with E-state index in [1.807, 2.05) is 19.1 Å². The Morgan fingerprint density at radius 2 is 2.33 bits per heavy atom. The van der Waals surface area contributed by atoms with Gasteiger partial charge in [0.05, 0.1) is 0 Å². The highest BCUT2D eigenvalue weighted by molar-refractivity contribution is 5.18. The highest BCUT2D eigenvalue weighted by Gasteiger charge is 2.04. The lowest BCUT2D eigenvalue weighted by molar-refractivity contribution is 0.664. The van der Waals surface area contributed by atoms with Gasteiger partial charge in [-0.25, -0.2) is 0 Å². The van der Waals surface area contributed by atoms with Gasteiger partial charge in [0.25, 0.3) is 0 Å². The molecule has 0 bridgehead atoms. The van der Waals surface area contributed by atoms with Gasteiger partial charge in [-0.3, -0.25) is 4.98 Å². The van der Waals surface area contributed by atoms with E-state index < -0.39 is 0 Å². The van der Waals surface area contributed by atoms with E-state index in [0.717, 1.165) is 12.1 Å². The summed E-state index contributed by atoms with van der Waals surface area (Å²) in [6, 6.07) is 3.98. The zero-order valence-electron chi connectivity index (χ0n) is 7.33. The van der Waals surface area contributed by atoms with Crippen molar-refractivity contribution in [2.24, 2.45) is 11.5 Å². The first-order chi connectivity index (χ1) is 5.74. The third-order valence-electron chi connectivity index (χ3n) is 1.88. The van der Waals surface area contributed by atoms with Crippen LogP contribution in [0.3, 0.4) is 0 Å². The molecule has 3 heteroatoms. The van der Waals surface area contributed by atoms with E-state index in [2.05, 4.69) is 4.98 Å². The molecule has 0 fully saturated rings. The Balaban J connectivity index is 2.69. The lowest BCUT2D eigenvalue weighted by Crippen LogP contribution is -2.32. The van der Waals surface area contributed by atoms with E-state index in [1.54, 1.807) is 6.20 Å². The highest BCUT2D eigenvalue weighted by atomic mass is 14.7. The second kappa shape index (κ2) is 4.18. The zero-order valence-corrected chi connectivity index (χ0v) is 7.33. The molecule has 0 aliphatic rings. The molecule has 66 valence electrons. The van der Waals surface area contributed by atoms with Gasteiger partial charge in [0.15, 0.2) is 0 Å². The lowest BCUT2D eigenvalue weighted by atomic mass is 10.1. The molecule has 0 radical (unpaired) electrons. The molecule has 1 heterocycles. The summed E-state index contributed by atoms with van der Waals surface area (Å²) in [4.78, 5) is 4.23. The molecule has 0 aliphatic heterocycles. The maximum atomic E-state index is 5.71. The average Bonchev–Trinajstić information content (AvgIpc) is 2.09. The minimum absolute atomic E-state index is 0.0265. The number of rotatable bonds is 3. The molecule has 1 aromatic rings. The highest BCUT2D eigenvalue weighted by Crippen LogP contribution is 2.04. The number of hydrogen-bond acceptors (Lipinski definition) is 3. The Hall–Kier alpha value is -0.930. The van der Waals surface area contributed by atoms with Crippen LogP contribution in [0.5, 0.6) is 0 Å². The summed E-state index contributed by atoms with van der Waals surface area (Å²) in [5.74, 6) is 0. The van der Waals surface area contributed by atoms with Crippen molar-refractivity contribution in [3.8, 4) is 0 Å². The molecule has 0 aromatic carbocycles. The molecule has 0 aliphatic carbocycles. The standard InChI is InChI=1S/C9H15N3/c1-7-3-2-4-12-9(7)5-8(11)6-10/h2-4,8H,5-6,10-11H2,1H3. The van der Waals surface area contributed by atoms with Crippen LogP contribution in [-0.4, -0.2) is 17.6 Å². The van der Waals surface area contributed by atoms with Crippen molar-refractivity contribution < 1.29 is 0 Å². The molecule has 0 amide bonds. The van der Waals surface area contributed by atoms with Gasteiger partial charge in [-0.15, -0.1) is 0 Å². The number of nitrogens with two attached hydrogens (primary N) is 2. The van der Waals surface area contributed by atoms with Gasteiger partial charge in [-0.2, -0.15) is 0 Å². The van der Waals surface area contributed by atoms with Crippen LogP contribution in [0.2, 0.25) is 0 Å². The van der Waals surface area contributed by atoms with Crippen molar-refractivity contribution in [2.45, 2.75) is 19.4 Å². The molecule has 1 rings (SSSR count). The summed E-state index contributed by atoms with van der Waals surface area (Å²) >= 11 is 0. The Bertz CT molecular complexity index is 247. The fourth-order valence-corrected chi connectivity index (χ4v) is 1.06. The van der Waals surface area contributed by atoms with Gasteiger partial charge in [0, 0.05) is 30.9 Å². The van der Waals surface area contributed by atoms with Crippen LogP contribution < -0.4 is 11.5 Å². The molecule has 1 unspecified atom stereocenters. The Labute approximate surface area is 72.8 Å². The average molecular weight is 165 g/mol. The van der Waals surface area contributed by atoms with Gasteiger partial charge in [-0.05, 0) is 18.6 Å². The molecular formula is C9H15N3. The quantitative estimate of drug-likeness (QED) is 0.673. The molecule has 0 saturated carbocycles. The lowest BCUT2D eigenvalue weighted by Gasteiger charge is -2.09. The van der Waals surface area contributed by atoms with Crippen molar-refractivity contribution in [3.63, 3.8) is 0 Å². The van der Waals surface area contributed by atoms with Crippen LogP contribution in [0, 0.1) is 6.92 Å². The van der Waals surface area contributed by atoms with Crippen molar-refractivity contribution in [2.75, 3.05) is 6.54 Å². The Kier molecular flexibility index (Phi) is 3.19. The topological polar surface area (TPSA) is 64.9 Å². The number of nitrogens with zero attached hydrogens (tertiary/aromatic N) is 1. The zero-order chi connectivity index (χ0) is 8.97. The van der Waals surface area contributed by atoms with Crippen LogP contribution in [0.1, 0.15) is 11.3 Å². The van der Waals surface area contributed by atoms with Gasteiger partial charge in [0.2, 0.25) is 0 Å². The summed E-state index contributed by atoms with van der Waals surface area (Å²) in [5.41, 5.74) is 13.4. The molecular weight excluding hydrogens is 150 g/mol. The first-order valence-electron chi connectivity index (χ1n) is 4.10. The van der Waals surface area contributed by atoms with Gasteiger partial charge >= 0.3 is 0 Å². The molecule has 1 aromatic heterocycles. The van der Waals surface area contributed by atoms with E-state index in [4.69, 9.17) is 11.5 Å². The van der Waals surface area contributed by atoms with Gasteiger partial charge < -0.3 is 11.5 Å². The fraction of sp³-hybridized carbons (Fsp3) is 0.444. The van der Waals surface area contributed by atoms with Crippen LogP contribution in [0.4, 0.5) is 0 Å². The second-order valence-corrected chi connectivity index (χ2v) is 2.97. The number of aryl methyl sites for hydroxylation is 1. The predicted molar refractivity (Wildman–Crippen MR) is 49.7 cm³/mol. The molecule has 1 atom stereocenters. The van der Waals surface area contributed by atoms with Crippen LogP contribution in [-0.2, 0) is 6.42 Å². The minimum Gasteiger partial charge on any atom is -0.329 e. The Morgan fingerprint density at radius 3 is 2.92 bits per heavy atom. The van der Waals surface area contributed by atoms with E-state index in [9.17, 15) is 0 Å². The van der Waals surface area contributed by atoms with Crippen molar-refractivity contribution in [1.29, 1.82) is 0 Å². The van der Waals surface area contributed by atoms with E-state index in [-0.39, 0.29) is 6.04 Å². The van der Waals surface area contributed by atoms with Crippen molar-refractivity contribution >= 4 is 0 Å². The smallest absolute Gasteiger partial charge is 0.0448 e. The summed E-state index contributed by atoms with van der Waals surface area (Å²) < 4.78 is 0. The Morgan fingerprint density at radius 1 is 1.58 bits per heavy atom. The first kappa shape index (κ1) is 9.16. The SMILES string of the molecule is Cc1cccnc1CC(N)CN. The van der Waals surface area contributed by atoms with Crippen molar-refractivity contribution in [1.82, 2.24) is 4.98 Å². The number of hydrogen-bond donors (Lipinski definition) is 2. The largest absolute Gasteiger partial charge is 0.329 e. The maximum absolute atomic E-state index is 5.71. The number of aromatic nitrogens is 1. The van der Waals surface area contributed by atoms with E-state index in [1.165, 1.54) is 5.56 Å². The third kappa shape index (κ3) is 2.29. The first-order valence-corrected chi connectivity index (χ1v) is 4.10. The molecule has 3 nitrogen and oxygen atoms in total. The molecule has 0 spiro atoms. The fourth-order valence-electron chi connectivity index (χ4n) is 1.06. The number of pyridine rings is 1. The predicted octanol–water partition coefficient (Wildman–Crippen LogP) is 0.219. The summed E-state index contributed by atoms with van der Waals surface area (Å²) in [7, 11) is 0. The second-order valence-electron chi connectivity index (χ2n) is 2.97. The maximum Gasteiger partial charge on any atom is 0.0448 e. The van der Waals surface area contributed by atoms with Gasteiger partial charge in [-0.1, -0.05) is 6.07 Å².